The van der Waals surface area contributed by atoms with E-state index in [0.717, 1.165) is 38.6 Å². The molecule has 2 aromatic rings. The predicted molar refractivity (Wildman–Crippen MR) is 101 cm³/mol. The smallest absolute Gasteiger partial charge is 0.306 e. The van der Waals surface area contributed by atoms with Gasteiger partial charge in [0.1, 0.15) is 0 Å². The van der Waals surface area contributed by atoms with Gasteiger partial charge in [0, 0.05) is 12.0 Å². The molecule has 0 amide bonds. The van der Waals surface area contributed by atoms with Crippen LogP contribution in [0.5, 0.6) is 0 Å². The van der Waals surface area contributed by atoms with Gasteiger partial charge in [-0.2, -0.15) is 0 Å². The summed E-state index contributed by atoms with van der Waals surface area (Å²) in [5.74, 6) is -0.378. The summed E-state index contributed by atoms with van der Waals surface area (Å²) < 4.78 is 0. The summed E-state index contributed by atoms with van der Waals surface area (Å²) in [7, 11) is 0. The van der Waals surface area contributed by atoms with Crippen LogP contribution in [0.25, 0.3) is 0 Å². The van der Waals surface area contributed by atoms with Crippen LogP contribution in [0.2, 0.25) is 0 Å². The highest BCUT2D eigenvalue weighted by molar-refractivity contribution is 5.70. The zero-order chi connectivity index (χ0) is 17.5. The van der Waals surface area contributed by atoms with Gasteiger partial charge in [-0.15, -0.1) is 0 Å². The zero-order valence-corrected chi connectivity index (χ0v) is 14.6. The molecule has 0 unspecified atom stereocenters. The molecule has 1 saturated carbocycles. The zero-order valence-electron chi connectivity index (χ0n) is 14.6. The van der Waals surface area contributed by atoms with Crippen molar-refractivity contribution in [3.63, 3.8) is 0 Å². The molecule has 0 saturated heterocycles. The second-order valence-corrected chi connectivity index (χ2v) is 7.00. The van der Waals surface area contributed by atoms with Gasteiger partial charge in [0.2, 0.25) is 0 Å². The Kier molecular flexibility index (Phi) is 6.24. The van der Waals surface area contributed by atoms with Crippen molar-refractivity contribution < 1.29 is 9.90 Å². The van der Waals surface area contributed by atoms with Gasteiger partial charge in [0.25, 0.3) is 0 Å². The highest BCUT2D eigenvalue weighted by Gasteiger charge is 2.25. The second kappa shape index (κ2) is 8.82. The Hall–Kier alpha value is -2.13. The Morgan fingerprint density at radius 2 is 1.44 bits per heavy atom. The van der Waals surface area contributed by atoms with Crippen LogP contribution in [0, 0.1) is 5.92 Å². The first-order valence-corrected chi connectivity index (χ1v) is 9.30. The molecular formula is C22H27NO2. The second-order valence-electron chi connectivity index (χ2n) is 7.00. The molecule has 3 nitrogen and oxygen atoms in total. The number of hydrogen-bond donors (Lipinski definition) is 2. The predicted octanol–water partition coefficient (Wildman–Crippen LogP) is 4.44. The maximum Gasteiger partial charge on any atom is 0.306 e. The van der Waals surface area contributed by atoms with Gasteiger partial charge in [0.15, 0.2) is 0 Å². The summed E-state index contributed by atoms with van der Waals surface area (Å²) >= 11 is 0. The number of hydrogen-bond acceptors (Lipinski definition) is 2. The number of rotatable bonds is 7. The van der Waals surface area contributed by atoms with E-state index in [1.807, 2.05) is 0 Å². The summed E-state index contributed by atoms with van der Waals surface area (Å²) in [5.41, 5.74) is 2.70. The molecule has 0 aliphatic heterocycles. The number of benzene rings is 2. The number of aliphatic carboxylic acids is 1. The molecule has 1 aliphatic rings. The van der Waals surface area contributed by atoms with E-state index in [4.69, 9.17) is 5.11 Å². The van der Waals surface area contributed by atoms with Gasteiger partial charge >= 0.3 is 5.97 Å². The van der Waals surface area contributed by atoms with E-state index in [0.29, 0.717) is 12.0 Å². The fourth-order valence-corrected chi connectivity index (χ4v) is 3.87. The van der Waals surface area contributed by atoms with Crippen LogP contribution in [0.1, 0.15) is 49.1 Å². The topological polar surface area (TPSA) is 49.3 Å². The minimum atomic E-state index is -0.633. The Morgan fingerprint density at radius 1 is 0.920 bits per heavy atom. The monoisotopic (exact) mass is 337 g/mol. The van der Waals surface area contributed by atoms with Crippen molar-refractivity contribution in [2.24, 2.45) is 5.92 Å². The number of nitrogens with one attached hydrogen (secondary N) is 1. The quantitative estimate of drug-likeness (QED) is 0.785. The summed E-state index contributed by atoms with van der Waals surface area (Å²) in [6, 6.07) is 21.8. The van der Waals surface area contributed by atoms with Gasteiger partial charge in [0.05, 0.1) is 5.92 Å². The van der Waals surface area contributed by atoms with Crippen LogP contribution < -0.4 is 5.32 Å². The molecule has 2 aromatic carbocycles. The minimum Gasteiger partial charge on any atom is -0.481 e. The van der Waals surface area contributed by atoms with E-state index in [9.17, 15) is 4.79 Å². The van der Waals surface area contributed by atoms with Crippen LogP contribution in [0.3, 0.4) is 0 Å². The SMILES string of the molecule is O=C(O)C1CCC(NCCC(c2ccccc2)c2ccccc2)CC1. The van der Waals surface area contributed by atoms with Crippen molar-refractivity contribution in [3.8, 4) is 0 Å². The normalized spacial score (nSPS) is 20.5. The summed E-state index contributed by atoms with van der Waals surface area (Å²) in [5, 5.41) is 12.8. The average Bonchev–Trinajstić information content (AvgIpc) is 2.67. The number of carbonyl (C=O) groups is 1. The molecule has 0 atom stereocenters. The molecule has 3 rings (SSSR count). The minimum absolute atomic E-state index is 0.139. The molecule has 1 aliphatic carbocycles. The summed E-state index contributed by atoms with van der Waals surface area (Å²) in [6.07, 6.45) is 4.59. The number of carboxylic acid groups (broad SMARTS) is 1. The molecule has 0 spiro atoms. The standard InChI is InChI=1S/C22H27NO2/c24-22(25)19-11-13-20(14-12-19)23-16-15-21(17-7-3-1-4-8-17)18-9-5-2-6-10-18/h1-10,19-21,23H,11-16H2,(H,24,25). The lowest BCUT2D eigenvalue weighted by Crippen LogP contribution is -2.35. The first kappa shape index (κ1) is 17.7. The molecular weight excluding hydrogens is 310 g/mol. The third-order valence-corrected chi connectivity index (χ3v) is 5.35. The van der Waals surface area contributed by atoms with Crippen molar-refractivity contribution in [3.05, 3.63) is 71.8 Å². The largest absolute Gasteiger partial charge is 0.481 e. The van der Waals surface area contributed by atoms with Gasteiger partial charge < -0.3 is 10.4 Å². The van der Waals surface area contributed by atoms with Gasteiger partial charge in [-0.1, -0.05) is 60.7 Å². The first-order valence-electron chi connectivity index (χ1n) is 9.30. The maximum absolute atomic E-state index is 11.1. The van der Waals surface area contributed by atoms with E-state index < -0.39 is 5.97 Å². The van der Waals surface area contributed by atoms with E-state index >= 15 is 0 Å². The molecule has 25 heavy (non-hydrogen) atoms. The van der Waals surface area contributed by atoms with Gasteiger partial charge in [-0.05, 0) is 49.8 Å². The van der Waals surface area contributed by atoms with Crippen LogP contribution in [0.4, 0.5) is 0 Å². The van der Waals surface area contributed by atoms with E-state index in [2.05, 4.69) is 66.0 Å². The van der Waals surface area contributed by atoms with E-state index in [1.165, 1.54) is 11.1 Å². The van der Waals surface area contributed by atoms with Crippen molar-refractivity contribution in [1.29, 1.82) is 0 Å². The Morgan fingerprint density at radius 3 is 1.92 bits per heavy atom. The summed E-state index contributed by atoms with van der Waals surface area (Å²) in [4.78, 5) is 11.1. The Bertz CT molecular complexity index is 609. The van der Waals surface area contributed by atoms with Crippen LogP contribution in [0.15, 0.2) is 60.7 Å². The first-order chi connectivity index (χ1) is 12.2. The van der Waals surface area contributed by atoms with E-state index in [-0.39, 0.29) is 5.92 Å². The van der Waals surface area contributed by atoms with Crippen LogP contribution in [-0.2, 0) is 4.79 Å². The van der Waals surface area contributed by atoms with Gasteiger partial charge in [-0.3, -0.25) is 4.79 Å². The van der Waals surface area contributed by atoms with Crippen molar-refractivity contribution in [2.75, 3.05) is 6.54 Å². The summed E-state index contributed by atoms with van der Waals surface area (Å²) in [6.45, 7) is 0.955. The molecule has 1 fully saturated rings. The van der Waals surface area contributed by atoms with Crippen molar-refractivity contribution in [2.45, 2.75) is 44.1 Å². The van der Waals surface area contributed by atoms with Crippen LogP contribution >= 0.6 is 0 Å². The molecule has 0 bridgehead atoms. The average molecular weight is 337 g/mol. The lowest BCUT2D eigenvalue weighted by molar-refractivity contribution is -0.142. The lowest BCUT2D eigenvalue weighted by Gasteiger charge is -2.28. The van der Waals surface area contributed by atoms with Crippen LogP contribution in [-0.4, -0.2) is 23.7 Å². The molecule has 0 heterocycles. The maximum atomic E-state index is 11.1. The van der Waals surface area contributed by atoms with Crippen molar-refractivity contribution in [1.82, 2.24) is 5.32 Å². The molecule has 0 radical (unpaired) electrons. The Labute approximate surface area is 150 Å². The number of carboxylic acids is 1. The molecule has 2 N–H and O–H groups in total. The molecule has 132 valence electrons. The Balaban J connectivity index is 1.56. The fourth-order valence-electron chi connectivity index (χ4n) is 3.87. The highest BCUT2D eigenvalue weighted by Crippen LogP contribution is 2.28. The van der Waals surface area contributed by atoms with Gasteiger partial charge in [-0.25, -0.2) is 0 Å². The molecule has 0 aromatic heterocycles. The third kappa shape index (κ3) is 4.93. The lowest BCUT2D eigenvalue weighted by atomic mass is 9.85. The highest BCUT2D eigenvalue weighted by atomic mass is 16.4. The van der Waals surface area contributed by atoms with E-state index in [1.54, 1.807) is 0 Å². The third-order valence-electron chi connectivity index (χ3n) is 5.35. The fraction of sp³-hybridized carbons (Fsp3) is 0.409. The van der Waals surface area contributed by atoms with Crippen molar-refractivity contribution >= 4 is 5.97 Å². The molecule has 3 heteroatoms.